The molecule has 5 rings (SSSR count). The lowest BCUT2D eigenvalue weighted by Gasteiger charge is -2.25. The summed E-state index contributed by atoms with van der Waals surface area (Å²) in [6.07, 6.45) is 3.57. The maximum atomic E-state index is 15.8. The van der Waals surface area contributed by atoms with E-state index in [4.69, 9.17) is 19.5 Å². The van der Waals surface area contributed by atoms with Crippen LogP contribution in [0, 0.1) is 5.82 Å². The van der Waals surface area contributed by atoms with E-state index in [1.54, 1.807) is 34.0 Å². The lowest BCUT2D eigenvalue weighted by atomic mass is 10.2. The number of hydrogen-bond acceptors (Lipinski definition) is 8. The molecule has 0 aliphatic heterocycles. The standard InChI is InChI=1S/C28H27FN8O2/c1-17(18-14-31-36(3)15-18)32-28-22(30-2)10-11-26(35-28)37(16-25-33-20-8-6-7-9-21(20)34-25)23-12-19(38-4)13-24(39-5)27(23)29/h6-15H,2,16H2,1,3-5H3,(H,33,34). The fourth-order valence-electron chi connectivity index (χ4n) is 4.16. The summed E-state index contributed by atoms with van der Waals surface area (Å²) < 4.78 is 28.2. The van der Waals surface area contributed by atoms with Gasteiger partial charge in [0.05, 0.1) is 49.4 Å². The number of aromatic nitrogens is 5. The number of fused-ring (bicyclic) bond motifs is 1. The summed E-state index contributed by atoms with van der Waals surface area (Å²) in [6, 6.07) is 14.2. The van der Waals surface area contributed by atoms with E-state index in [1.807, 2.05) is 44.4 Å². The number of pyridine rings is 1. The average molecular weight is 527 g/mol. The lowest BCUT2D eigenvalue weighted by molar-refractivity contribution is 0.374. The van der Waals surface area contributed by atoms with Crippen LogP contribution in [0.15, 0.2) is 70.9 Å². The number of ether oxygens (including phenoxy) is 2. The molecule has 0 saturated heterocycles. The molecule has 0 aliphatic carbocycles. The zero-order valence-electron chi connectivity index (χ0n) is 22.0. The van der Waals surface area contributed by atoms with E-state index in [0.29, 0.717) is 34.6 Å². The SMILES string of the molecule is C=Nc1ccc(N(Cc2nc3ccccc3[nH]2)c2cc(OC)cc(OC)c2F)nc1N=C(C)c1cnn(C)c1. The minimum Gasteiger partial charge on any atom is -0.497 e. The van der Waals surface area contributed by atoms with Gasteiger partial charge in [-0.1, -0.05) is 12.1 Å². The highest BCUT2D eigenvalue weighted by atomic mass is 19.1. The van der Waals surface area contributed by atoms with E-state index < -0.39 is 5.82 Å². The monoisotopic (exact) mass is 526 g/mol. The third kappa shape index (κ3) is 5.19. The first-order valence-electron chi connectivity index (χ1n) is 12.0. The van der Waals surface area contributed by atoms with Crippen LogP contribution in [-0.4, -0.2) is 51.4 Å². The summed E-state index contributed by atoms with van der Waals surface area (Å²) in [5.74, 6) is 1.24. The van der Waals surface area contributed by atoms with E-state index in [9.17, 15) is 0 Å². The number of hydrogen-bond donors (Lipinski definition) is 1. The number of aromatic amines is 1. The van der Waals surface area contributed by atoms with Crippen LogP contribution < -0.4 is 14.4 Å². The fraction of sp³-hybridized carbons (Fsp3) is 0.179. The first-order chi connectivity index (χ1) is 18.9. The van der Waals surface area contributed by atoms with Crippen molar-refractivity contribution < 1.29 is 13.9 Å². The highest BCUT2D eigenvalue weighted by Gasteiger charge is 2.23. The molecule has 3 aromatic heterocycles. The van der Waals surface area contributed by atoms with Crippen molar-refractivity contribution in [2.75, 3.05) is 19.1 Å². The van der Waals surface area contributed by atoms with Crippen LogP contribution in [0.3, 0.4) is 0 Å². The van der Waals surface area contributed by atoms with Gasteiger partial charge in [-0.15, -0.1) is 0 Å². The molecule has 1 N–H and O–H groups in total. The van der Waals surface area contributed by atoms with Crippen LogP contribution in [0.4, 0.5) is 27.4 Å². The van der Waals surface area contributed by atoms with Crippen molar-refractivity contribution in [2.45, 2.75) is 13.5 Å². The van der Waals surface area contributed by atoms with Gasteiger partial charge in [0.1, 0.15) is 23.1 Å². The van der Waals surface area contributed by atoms with Crippen molar-refractivity contribution in [3.8, 4) is 11.5 Å². The Kier molecular flexibility index (Phi) is 7.04. The molecule has 0 aliphatic rings. The molecule has 0 amide bonds. The molecule has 0 spiro atoms. The van der Waals surface area contributed by atoms with Crippen LogP contribution >= 0.6 is 0 Å². The van der Waals surface area contributed by atoms with Crippen molar-refractivity contribution in [2.24, 2.45) is 17.0 Å². The molecule has 0 radical (unpaired) electrons. The van der Waals surface area contributed by atoms with Gasteiger partial charge >= 0.3 is 0 Å². The zero-order valence-corrected chi connectivity index (χ0v) is 22.0. The molecule has 3 heterocycles. The van der Waals surface area contributed by atoms with E-state index in [-0.39, 0.29) is 18.0 Å². The third-order valence-electron chi connectivity index (χ3n) is 6.17. The Bertz CT molecular complexity index is 1660. The molecule has 198 valence electrons. The van der Waals surface area contributed by atoms with E-state index in [1.165, 1.54) is 20.3 Å². The van der Waals surface area contributed by atoms with Gasteiger partial charge in [0.2, 0.25) is 0 Å². The van der Waals surface area contributed by atoms with Crippen molar-refractivity contribution in [3.05, 3.63) is 78.1 Å². The predicted molar refractivity (Wildman–Crippen MR) is 150 cm³/mol. The average Bonchev–Trinajstić information content (AvgIpc) is 3.57. The topological polar surface area (TPSA) is 106 Å². The summed E-state index contributed by atoms with van der Waals surface area (Å²) in [4.78, 5) is 23.3. The second-order valence-corrected chi connectivity index (χ2v) is 8.72. The number of nitrogens with one attached hydrogen (secondary N) is 1. The van der Waals surface area contributed by atoms with Gasteiger partial charge < -0.3 is 19.4 Å². The Balaban J connectivity index is 1.66. The normalized spacial score (nSPS) is 11.6. The van der Waals surface area contributed by atoms with Gasteiger partial charge in [-0.25, -0.2) is 19.4 Å². The van der Waals surface area contributed by atoms with Crippen LogP contribution in [0.5, 0.6) is 11.5 Å². The number of nitrogens with zero attached hydrogens (tertiary/aromatic N) is 7. The molecule has 0 unspecified atom stereocenters. The van der Waals surface area contributed by atoms with E-state index in [0.717, 1.165) is 16.6 Å². The number of methoxy groups -OCH3 is 2. The van der Waals surface area contributed by atoms with Gasteiger partial charge in [-0.2, -0.15) is 5.10 Å². The molecule has 10 nitrogen and oxygen atoms in total. The second-order valence-electron chi connectivity index (χ2n) is 8.72. The molecule has 11 heteroatoms. The minimum atomic E-state index is -0.571. The fourth-order valence-corrected chi connectivity index (χ4v) is 4.16. The first kappa shape index (κ1) is 25.6. The van der Waals surface area contributed by atoms with Gasteiger partial charge in [-0.3, -0.25) is 9.67 Å². The third-order valence-corrected chi connectivity index (χ3v) is 6.17. The first-order valence-corrected chi connectivity index (χ1v) is 12.0. The number of H-pyrrole nitrogens is 1. The van der Waals surface area contributed by atoms with E-state index in [2.05, 4.69) is 26.8 Å². The molecule has 2 aromatic carbocycles. The Labute approximate surface area is 224 Å². The number of aryl methyl sites for hydroxylation is 1. The highest BCUT2D eigenvalue weighted by Crippen LogP contribution is 2.39. The van der Waals surface area contributed by atoms with Crippen LogP contribution in [-0.2, 0) is 13.6 Å². The molecular formula is C28H27FN8O2. The number of anilines is 2. The number of rotatable bonds is 9. The zero-order chi connectivity index (χ0) is 27.5. The number of benzene rings is 2. The summed E-state index contributed by atoms with van der Waals surface area (Å²) in [6.45, 7) is 5.69. The van der Waals surface area contributed by atoms with E-state index >= 15 is 4.39 Å². The Morgan fingerprint density at radius 2 is 1.95 bits per heavy atom. The molecule has 39 heavy (non-hydrogen) atoms. The Hall–Kier alpha value is -5.06. The number of imidazole rings is 1. The maximum Gasteiger partial charge on any atom is 0.188 e. The minimum absolute atomic E-state index is 0.0361. The second kappa shape index (κ2) is 10.7. The van der Waals surface area contributed by atoms with Crippen LogP contribution in [0.1, 0.15) is 18.3 Å². The van der Waals surface area contributed by atoms with Crippen LogP contribution in [0.25, 0.3) is 11.0 Å². The highest BCUT2D eigenvalue weighted by molar-refractivity contribution is 6.00. The van der Waals surface area contributed by atoms with Gasteiger partial charge in [0.25, 0.3) is 0 Å². The lowest BCUT2D eigenvalue weighted by Crippen LogP contribution is -2.20. The van der Waals surface area contributed by atoms with Gasteiger partial charge in [0, 0.05) is 30.9 Å². The molecule has 0 saturated carbocycles. The summed E-state index contributed by atoms with van der Waals surface area (Å²) >= 11 is 0. The molecule has 0 bridgehead atoms. The largest absolute Gasteiger partial charge is 0.497 e. The quantitative estimate of drug-likeness (QED) is 0.249. The predicted octanol–water partition coefficient (Wildman–Crippen LogP) is 5.66. The summed E-state index contributed by atoms with van der Waals surface area (Å²) in [5.41, 5.74) is 3.87. The summed E-state index contributed by atoms with van der Waals surface area (Å²) in [7, 11) is 4.75. The van der Waals surface area contributed by atoms with Crippen LogP contribution in [0.2, 0.25) is 0 Å². The molecule has 0 atom stereocenters. The molecule has 0 fully saturated rings. The number of para-hydroxylation sites is 2. The summed E-state index contributed by atoms with van der Waals surface area (Å²) in [5, 5.41) is 4.21. The number of halogens is 1. The van der Waals surface area contributed by atoms with Gasteiger partial charge in [0.15, 0.2) is 17.4 Å². The Morgan fingerprint density at radius 1 is 1.13 bits per heavy atom. The van der Waals surface area contributed by atoms with Crippen molar-refractivity contribution in [1.82, 2.24) is 24.7 Å². The smallest absolute Gasteiger partial charge is 0.188 e. The van der Waals surface area contributed by atoms with Crippen molar-refractivity contribution in [3.63, 3.8) is 0 Å². The van der Waals surface area contributed by atoms with Crippen molar-refractivity contribution in [1.29, 1.82) is 0 Å². The molecule has 5 aromatic rings. The molecular weight excluding hydrogens is 499 g/mol. The Morgan fingerprint density at radius 3 is 2.64 bits per heavy atom. The number of aliphatic imine (C=N–C) groups is 2. The van der Waals surface area contributed by atoms with Crippen molar-refractivity contribution >= 4 is 46.5 Å². The van der Waals surface area contributed by atoms with Gasteiger partial charge in [-0.05, 0) is 37.9 Å². The maximum absolute atomic E-state index is 15.8.